The van der Waals surface area contributed by atoms with E-state index in [1.807, 2.05) is 0 Å². The maximum absolute atomic E-state index is 12.0. The molecule has 17 heavy (non-hydrogen) atoms. The molecule has 1 rings (SSSR count). The van der Waals surface area contributed by atoms with E-state index in [1.165, 1.54) is 6.92 Å². The molecule has 100 valence electrons. The molecule has 0 aliphatic carbocycles. The largest absolute Gasteiger partial charge is 0.342 e. The van der Waals surface area contributed by atoms with Crippen molar-refractivity contribution in [1.82, 2.24) is 4.90 Å². The van der Waals surface area contributed by atoms with Crippen molar-refractivity contribution in [3.05, 3.63) is 0 Å². The van der Waals surface area contributed by atoms with E-state index < -0.39 is 21.1 Å². The second-order valence-corrected chi connectivity index (χ2v) is 7.20. The summed E-state index contributed by atoms with van der Waals surface area (Å²) in [6.45, 7) is 4.46. The van der Waals surface area contributed by atoms with Crippen LogP contribution in [0.5, 0.6) is 0 Å². The molecule has 1 aliphatic rings. The third kappa shape index (κ3) is 3.96. The summed E-state index contributed by atoms with van der Waals surface area (Å²) in [5.41, 5.74) is 5.49. The second kappa shape index (κ2) is 5.82. The van der Waals surface area contributed by atoms with Gasteiger partial charge in [-0.05, 0) is 33.1 Å². The van der Waals surface area contributed by atoms with Gasteiger partial charge in [-0.25, -0.2) is 8.42 Å². The van der Waals surface area contributed by atoms with Crippen LogP contribution in [0.25, 0.3) is 0 Å². The predicted octanol–water partition coefficient (Wildman–Crippen LogP) is 0.149. The molecular weight excluding hydrogens is 240 g/mol. The van der Waals surface area contributed by atoms with Gasteiger partial charge in [-0.1, -0.05) is 0 Å². The second-order valence-electron chi connectivity index (χ2n) is 4.83. The van der Waals surface area contributed by atoms with Gasteiger partial charge in [0.2, 0.25) is 5.91 Å². The van der Waals surface area contributed by atoms with E-state index in [0.29, 0.717) is 13.1 Å². The molecule has 0 saturated carbocycles. The van der Waals surface area contributed by atoms with Crippen molar-refractivity contribution in [3.63, 3.8) is 0 Å². The number of hydrogen-bond donors (Lipinski definition) is 1. The van der Waals surface area contributed by atoms with Crippen LogP contribution in [0.4, 0.5) is 0 Å². The van der Waals surface area contributed by atoms with Gasteiger partial charge in [0.05, 0.1) is 5.75 Å². The van der Waals surface area contributed by atoms with Crippen LogP contribution in [-0.2, 0) is 14.6 Å². The molecule has 1 aliphatic heterocycles. The number of carbonyl (C=O) groups excluding carboxylic acids is 1. The third-order valence-corrected chi connectivity index (χ3v) is 5.32. The molecule has 0 aromatic rings. The molecule has 0 aromatic heterocycles. The molecular formula is C11H22N2O3S. The van der Waals surface area contributed by atoms with Gasteiger partial charge in [0, 0.05) is 19.1 Å². The van der Waals surface area contributed by atoms with E-state index in [4.69, 9.17) is 5.73 Å². The molecule has 2 unspecified atom stereocenters. The lowest BCUT2D eigenvalue weighted by Crippen LogP contribution is -2.46. The monoisotopic (exact) mass is 262 g/mol. The van der Waals surface area contributed by atoms with Crippen LogP contribution in [0.2, 0.25) is 0 Å². The molecule has 0 bridgehead atoms. The first-order valence-electron chi connectivity index (χ1n) is 6.10. The summed E-state index contributed by atoms with van der Waals surface area (Å²) in [4.78, 5) is 13.7. The van der Waals surface area contributed by atoms with Gasteiger partial charge in [0.25, 0.3) is 0 Å². The Labute approximate surface area is 103 Å². The summed E-state index contributed by atoms with van der Waals surface area (Å²) in [5.74, 6) is -0.404. The average molecular weight is 262 g/mol. The predicted molar refractivity (Wildman–Crippen MR) is 67.3 cm³/mol. The summed E-state index contributed by atoms with van der Waals surface area (Å²) in [7, 11) is -3.42. The number of nitrogens with zero attached hydrogens (tertiary/aromatic N) is 1. The van der Waals surface area contributed by atoms with Crippen molar-refractivity contribution >= 4 is 15.7 Å². The minimum absolute atomic E-state index is 0.131. The van der Waals surface area contributed by atoms with Crippen molar-refractivity contribution in [1.29, 1.82) is 0 Å². The summed E-state index contributed by atoms with van der Waals surface area (Å²) in [6.07, 6.45) is 3.04. The Hall–Kier alpha value is -0.620. The molecule has 1 fully saturated rings. The zero-order valence-electron chi connectivity index (χ0n) is 10.6. The van der Waals surface area contributed by atoms with Crippen LogP contribution < -0.4 is 5.73 Å². The fourth-order valence-electron chi connectivity index (χ4n) is 2.04. The van der Waals surface area contributed by atoms with E-state index in [-0.39, 0.29) is 11.7 Å². The molecule has 6 heteroatoms. The van der Waals surface area contributed by atoms with Crippen LogP contribution in [-0.4, -0.2) is 49.4 Å². The fraction of sp³-hybridized carbons (Fsp3) is 0.909. The first-order chi connectivity index (χ1) is 7.84. The lowest BCUT2D eigenvalue weighted by atomic mass is 10.1. The Morgan fingerprint density at radius 1 is 1.24 bits per heavy atom. The van der Waals surface area contributed by atoms with Gasteiger partial charge in [-0.3, -0.25) is 4.79 Å². The standard InChI is InChI=1S/C11H22N2O3S/c1-9(12)8-17(15,16)10(2)11(14)13-6-4-3-5-7-13/h9-10H,3-8,12H2,1-2H3. The molecule has 2 N–H and O–H groups in total. The summed E-state index contributed by atoms with van der Waals surface area (Å²) >= 11 is 0. The third-order valence-electron chi connectivity index (χ3n) is 3.05. The molecule has 1 saturated heterocycles. The Kier molecular flexibility index (Phi) is 4.94. The van der Waals surface area contributed by atoms with Crippen molar-refractivity contribution in [2.24, 2.45) is 5.73 Å². The summed E-state index contributed by atoms with van der Waals surface area (Å²) in [5, 5.41) is -0.966. The number of carbonyl (C=O) groups is 1. The van der Waals surface area contributed by atoms with Gasteiger partial charge in [-0.2, -0.15) is 0 Å². The maximum atomic E-state index is 12.0. The number of piperidine rings is 1. The van der Waals surface area contributed by atoms with E-state index >= 15 is 0 Å². The van der Waals surface area contributed by atoms with Crippen molar-refractivity contribution in [3.8, 4) is 0 Å². The van der Waals surface area contributed by atoms with Gasteiger partial charge >= 0.3 is 0 Å². The van der Waals surface area contributed by atoms with Crippen molar-refractivity contribution < 1.29 is 13.2 Å². The molecule has 0 aromatic carbocycles. The lowest BCUT2D eigenvalue weighted by Gasteiger charge is -2.29. The smallest absolute Gasteiger partial charge is 0.240 e. The Morgan fingerprint density at radius 2 is 1.76 bits per heavy atom. The Bertz CT molecular complexity index is 359. The molecule has 0 spiro atoms. The SMILES string of the molecule is CC(N)CS(=O)(=O)C(C)C(=O)N1CCCCC1. The zero-order valence-corrected chi connectivity index (χ0v) is 11.4. The lowest BCUT2D eigenvalue weighted by molar-refractivity contribution is -0.131. The number of hydrogen-bond acceptors (Lipinski definition) is 4. The van der Waals surface area contributed by atoms with Gasteiger partial charge in [-0.15, -0.1) is 0 Å². The molecule has 0 radical (unpaired) electrons. The van der Waals surface area contributed by atoms with Crippen LogP contribution in [0.1, 0.15) is 33.1 Å². The highest BCUT2D eigenvalue weighted by Gasteiger charge is 2.32. The minimum atomic E-state index is -3.42. The van der Waals surface area contributed by atoms with Gasteiger partial charge in [0.1, 0.15) is 5.25 Å². The summed E-state index contributed by atoms with van der Waals surface area (Å²) < 4.78 is 23.8. The minimum Gasteiger partial charge on any atom is -0.342 e. The van der Waals surface area contributed by atoms with Gasteiger partial charge in [0.15, 0.2) is 9.84 Å². The van der Waals surface area contributed by atoms with Crippen LogP contribution in [0.15, 0.2) is 0 Å². The number of rotatable bonds is 4. The first kappa shape index (κ1) is 14.4. The highest BCUT2D eigenvalue weighted by Crippen LogP contribution is 2.13. The van der Waals surface area contributed by atoms with Crippen LogP contribution in [0, 0.1) is 0 Å². The topological polar surface area (TPSA) is 80.5 Å². The highest BCUT2D eigenvalue weighted by atomic mass is 32.2. The number of likely N-dealkylation sites (tertiary alicyclic amines) is 1. The Balaban J connectivity index is 2.68. The molecule has 1 heterocycles. The molecule has 1 amide bonds. The Morgan fingerprint density at radius 3 is 2.24 bits per heavy atom. The maximum Gasteiger partial charge on any atom is 0.240 e. The molecule has 5 nitrogen and oxygen atoms in total. The number of nitrogens with two attached hydrogens (primary N) is 1. The van der Waals surface area contributed by atoms with Crippen molar-refractivity contribution in [2.45, 2.75) is 44.4 Å². The average Bonchev–Trinajstić information content (AvgIpc) is 2.26. The quantitative estimate of drug-likeness (QED) is 0.782. The molecule has 2 atom stereocenters. The normalized spacial score (nSPS) is 21.0. The number of sulfone groups is 1. The van der Waals surface area contributed by atoms with E-state index in [0.717, 1.165) is 19.3 Å². The number of amides is 1. The van der Waals surface area contributed by atoms with Crippen LogP contribution >= 0.6 is 0 Å². The van der Waals surface area contributed by atoms with Crippen LogP contribution in [0.3, 0.4) is 0 Å². The summed E-state index contributed by atoms with van der Waals surface area (Å²) in [6, 6.07) is -0.434. The van der Waals surface area contributed by atoms with Gasteiger partial charge < -0.3 is 10.6 Å². The van der Waals surface area contributed by atoms with E-state index in [9.17, 15) is 13.2 Å². The van der Waals surface area contributed by atoms with Crippen molar-refractivity contribution in [2.75, 3.05) is 18.8 Å². The fourth-order valence-corrected chi connectivity index (χ4v) is 3.51. The van der Waals surface area contributed by atoms with E-state index in [1.54, 1.807) is 11.8 Å². The highest BCUT2D eigenvalue weighted by molar-refractivity contribution is 7.92. The van der Waals surface area contributed by atoms with E-state index in [2.05, 4.69) is 0 Å². The first-order valence-corrected chi connectivity index (χ1v) is 7.82. The zero-order chi connectivity index (χ0) is 13.1.